The summed E-state index contributed by atoms with van der Waals surface area (Å²) in [5.41, 5.74) is 2.57. The van der Waals surface area contributed by atoms with Gasteiger partial charge in [-0.25, -0.2) is 0 Å². The van der Waals surface area contributed by atoms with E-state index in [0.29, 0.717) is 32.5 Å². The van der Waals surface area contributed by atoms with Crippen molar-refractivity contribution in [2.24, 2.45) is 5.41 Å². The van der Waals surface area contributed by atoms with Gasteiger partial charge in [0, 0.05) is 50.8 Å². The highest BCUT2D eigenvalue weighted by atomic mass is 16.2. The number of rotatable bonds is 5. The third kappa shape index (κ3) is 3.72. The fourth-order valence-corrected chi connectivity index (χ4v) is 3.81. The number of pyridine rings is 1. The molecule has 0 atom stereocenters. The van der Waals surface area contributed by atoms with Gasteiger partial charge < -0.3 is 15.1 Å². The molecule has 0 unspecified atom stereocenters. The second-order valence-corrected chi connectivity index (χ2v) is 7.74. The molecular formula is C22H26N4O2. The molecule has 0 spiro atoms. The first-order chi connectivity index (χ1) is 13.6. The molecule has 4 rings (SSSR count). The van der Waals surface area contributed by atoms with Crippen molar-refractivity contribution in [1.82, 2.24) is 15.2 Å². The zero-order valence-corrected chi connectivity index (χ0v) is 16.2. The summed E-state index contributed by atoms with van der Waals surface area (Å²) >= 11 is 0. The number of hydrogen-bond donors (Lipinski definition) is 1. The fraction of sp³-hybridized carbons (Fsp3) is 0.409. The summed E-state index contributed by atoms with van der Waals surface area (Å²) in [4.78, 5) is 33.9. The minimum absolute atomic E-state index is 0.0105. The highest BCUT2D eigenvalue weighted by molar-refractivity contribution is 6.07. The largest absolute Gasteiger partial charge is 0.368 e. The number of benzene rings is 1. The van der Waals surface area contributed by atoms with E-state index in [1.807, 2.05) is 17.0 Å². The molecule has 146 valence electrons. The number of anilines is 1. The molecule has 28 heavy (non-hydrogen) atoms. The van der Waals surface area contributed by atoms with E-state index in [9.17, 15) is 9.59 Å². The van der Waals surface area contributed by atoms with Crippen LogP contribution in [0.1, 0.15) is 24.0 Å². The maximum atomic E-state index is 13.1. The first-order valence-electron chi connectivity index (χ1n) is 9.87. The normalized spacial score (nSPS) is 17.9. The molecule has 2 aromatic rings. The maximum absolute atomic E-state index is 13.1. The first-order valence-corrected chi connectivity index (χ1v) is 9.87. The Morgan fingerprint density at radius 3 is 2.43 bits per heavy atom. The fourth-order valence-electron chi connectivity index (χ4n) is 3.81. The summed E-state index contributed by atoms with van der Waals surface area (Å²) in [5, 5.41) is 2.94. The Bertz CT molecular complexity index is 856. The number of hydrogen-bond acceptors (Lipinski definition) is 4. The van der Waals surface area contributed by atoms with Crippen LogP contribution in [0, 0.1) is 12.3 Å². The Kier molecular flexibility index (Phi) is 5.03. The van der Waals surface area contributed by atoms with E-state index in [2.05, 4.69) is 46.4 Å². The van der Waals surface area contributed by atoms with Crippen molar-refractivity contribution < 1.29 is 9.59 Å². The highest BCUT2D eigenvalue weighted by Crippen LogP contribution is 2.47. The molecule has 0 bridgehead atoms. The molecule has 0 radical (unpaired) electrons. The lowest BCUT2D eigenvalue weighted by molar-refractivity contribution is -0.144. The summed E-state index contributed by atoms with van der Waals surface area (Å²) in [6.45, 7) is 5.42. The molecule has 2 heterocycles. The summed E-state index contributed by atoms with van der Waals surface area (Å²) in [6.07, 6.45) is 4.69. The van der Waals surface area contributed by atoms with Gasteiger partial charge in [-0.15, -0.1) is 0 Å². The van der Waals surface area contributed by atoms with Gasteiger partial charge in [0.15, 0.2) is 0 Å². The molecule has 1 aliphatic heterocycles. The lowest BCUT2D eigenvalue weighted by Gasteiger charge is -2.37. The molecule has 6 heteroatoms. The number of carbonyl (C=O) groups excluding carboxylic acids is 2. The minimum atomic E-state index is -0.849. The van der Waals surface area contributed by atoms with Gasteiger partial charge in [-0.2, -0.15) is 0 Å². The Morgan fingerprint density at radius 1 is 1.07 bits per heavy atom. The van der Waals surface area contributed by atoms with E-state index in [4.69, 9.17) is 0 Å². The lowest BCUT2D eigenvalue weighted by atomic mass is 10.0. The predicted octanol–water partition coefficient (Wildman–Crippen LogP) is 2.14. The minimum Gasteiger partial charge on any atom is -0.368 e. The van der Waals surface area contributed by atoms with Gasteiger partial charge in [0.1, 0.15) is 5.41 Å². The molecule has 2 fully saturated rings. The monoisotopic (exact) mass is 378 g/mol. The molecule has 6 nitrogen and oxygen atoms in total. The smallest absolute Gasteiger partial charge is 0.238 e. The van der Waals surface area contributed by atoms with Crippen LogP contribution in [0.4, 0.5) is 5.69 Å². The van der Waals surface area contributed by atoms with Crippen LogP contribution in [-0.4, -0.2) is 47.9 Å². The first kappa shape index (κ1) is 18.5. The van der Waals surface area contributed by atoms with E-state index in [0.717, 1.165) is 18.7 Å². The Morgan fingerprint density at radius 2 is 1.79 bits per heavy atom. The number of aromatic nitrogens is 1. The standard InChI is InChI=1S/C22H26N4O2/c1-17-3-2-4-19(15-17)25-11-13-26(14-12-25)21(28)22(7-8-22)20(27)24-16-18-5-9-23-10-6-18/h2-6,9-10,15H,7-8,11-14,16H2,1H3,(H,24,27). The second kappa shape index (κ2) is 7.62. The van der Waals surface area contributed by atoms with E-state index in [-0.39, 0.29) is 11.8 Å². The van der Waals surface area contributed by atoms with Gasteiger partial charge in [-0.3, -0.25) is 14.6 Å². The average molecular weight is 378 g/mol. The molecule has 1 saturated carbocycles. The second-order valence-electron chi connectivity index (χ2n) is 7.74. The molecule has 1 aromatic heterocycles. The molecular weight excluding hydrogens is 352 g/mol. The lowest BCUT2D eigenvalue weighted by Crippen LogP contribution is -2.53. The third-order valence-electron chi connectivity index (χ3n) is 5.73. The number of carbonyl (C=O) groups is 2. The van der Waals surface area contributed by atoms with Crippen LogP contribution in [0.3, 0.4) is 0 Å². The van der Waals surface area contributed by atoms with Gasteiger partial charge >= 0.3 is 0 Å². The maximum Gasteiger partial charge on any atom is 0.238 e. The molecule has 1 saturated heterocycles. The Labute approximate surface area is 165 Å². The molecule has 1 aliphatic carbocycles. The van der Waals surface area contributed by atoms with Crippen LogP contribution >= 0.6 is 0 Å². The van der Waals surface area contributed by atoms with Crippen LogP contribution in [0.25, 0.3) is 0 Å². The summed E-state index contributed by atoms with van der Waals surface area (Å²) in [5.74, 6) is -0.154. The van der Waals surface area contributed by atoms with Gasteiger partial charge in [-0.1, -0.05) is 12.1 Å². The topological polar surface area (TPSA) is 65.5 Å². The molecule has 1 N–H and O–H groups in total. The quantitative estimate of drug-likeness (QED) is 0.810. The van der Waals surface area contributed by atoms with Gasteiger partial charge in [0.05, 0.1) is 0 Å². The van der Waals surface area contributed by atoms with Crippen LogP contribution in [-0.2, 0) is 16.1 Å². The van der Waals surface area contributed by atoms with Crippen molar-refractivity contribution in [2.45, 2.75) is 26.3 Å². The number of nitrogens with zero attached hydrogens (tertiary/aromatic N) is 3. The van der Waals surface area contributed by atoms with Crippen molar-refractivity contribution in [3.8, 4) is 0 Å². The van der Waals surface area contributed by atoms with Crippen molar-refractivity contribution in [3.63, 3.8) is 0 Å². The molecule has 1 aromatic carbocycles. The summed E-state index contributed by atoms with van der Waals surface area (Å²) in [6, 6.07) is 12.2. The predicted molar refractivity (Wildman–Crippen MR) is 108 cm³/mol. The Balaban J connectivity index is 1.33. The van der Waals surface area contributed by atoms with E-state index >= 15 is 0 Å². The third-order valence-corrected chi connectivity index (χ3v) is 5.73. The number of nitrogens with one attached hydrogen (secondary N) is 1. The van der Waals surface area contributed by atoms with Crippen molar-refractivity contribution in [2.75, 3.05) is 31.1 Å². The van der Waals surface area contributed by atoms with Crippen LogP contribution < -0.4 is 10.2 Å². The van der Waals surface area contributed by atoms with E-state index in [1.165, 1.54) is 11.3 Å². The van der Waals surface area contributed by atoms with Crippen LogP contribution in [0.15, 0.2) is 48.8 Å². The summed E-state index contributed by atoms with van der Waals surface area (Å²) < 4.78 is 0. The van der Waals surface area contributed by atoms with E-state index in [1.54, 1.807) is 12.4 Å². The van der Waals surface area contributed by atoms with E-state index < -0.39 is 5.41 Å². The highest BCUT2D eigenvalue weighted by Gasteiger charge is 2.58. The summed E-state index contributed by atoms with van der Waals surface area (Å²) in [7, 11) is 0. The van der Waals surface area contributed by atoms with Gasteiger partial charge in [-0.05, 0) is 55.2 Å². The van der Waals surface area contributed by atoms with Crippen molar-refractivity contribution >= 4 is 17.5 Å². The van der Waals surface area contributed by atoms with Gasteiger partial charge in [0.25, 0.3) is 0 Å². The SMILES string of the molecule is Cc1cccc(N2CCN(C(=O)C3(C(=O)NCc4ccncc4)CC3)CC2)c1. The number of amides is 2. The number of piperazine rings is 1. The Hall–Kier alpha value is -2.89. The van der Waals surface area contributed by atoms with Crippen LogP contribution in [0.2, 0.25) is 0 Å². The zero-order chi connectivity index (χ0) is 19.6. The number of aryl methyl sites for hydroxylation is 1. The van der Waals surface area contributed by atoms with Crippen molar-refractivity contribution in [3.05, 3.63) is 59.9 Å². The van der Waals surface area contributed by atoms with Gasteiger partial charge in [0.2, 0.25) is 11.8 Å². The van der Waals surface area contributed by atoms with Crippen LogP contribution in [0.5, 0.6) is 0 Å². The molecule has 2 amide bonds. The van der Waals surface area contributed by atoms with Crippen molar-refractivity contribution in [1.29, 1.82) is 0 Å². The average Bonchev–Trinajstić information content (AvgIpc) is 3.54. The molecule has 2 aliphatic rings. The zero-order valence-electron chi connectivity index (χ0n) is 16.2.